The van der Waals surface area contributed by atoms with Gasteiger partial charge in [0.25, 0.3) is 0 Å². The summed E-state index contributed by atoms with van der Waals surface area (Å²) in [6.07, 6.45) is 5.38. The number of thiocarbonyl (C=S) groups is 1. The molecule has 32 heavy (non-hydrogen) atoms. The molecule has 0 amide bonds. The molecule has 0 radical (unpaired) electrons. The Hall–Kier alpha value is -3.22. The standard InChI is InChI=1S/C25H21ClN4OS/c1-16-18(5-4-6-19(16)26)21-8-9-22(31-21)24-23(20-7-2-3-12-28-20)29-25(32)30(24)15-17-10-13-27-14-11-17/h2-14,23-24H,15H2,1H3,(H,29,32)/t23-,24+/m1/s1. The van der Waals surface area contributed by atoms with Gasteiger partial charge in [0.1, 0.15) is 17.6 Å². The molecule has 1 fully saturated rings. The van der Waals surface area contributed by atoms with Gasteiger partial charge in [-0.15, -0.1) is 0 Å². The Labute approximate surface area is 197 Å². The zero-order chi connectivity index (χ0) is 22.1. The molecule has 0 spiro atoms. The Morgan fingerprint density at radius 2 is 1.88 bits per heavy atom. The fourth-order valence-corrected chi connectivity index (χ4v) is 4.58. The second kappa shape index (κ2) is 8.73. The van der Waals surface area contributed by atoms with Gasteiger partial charge >= 0.3 is 0 Å². The summed E-state index contributed by atoms with van der Waals surface area (Å²) in [6, 6.07) is 19.5. The molecule has 5 rings (SSSR count). The molecule has 1 aliphatic heterocycles. The van der Waals surface area contributed by atoms with Crippen LogP contribution in [-0.2, 0) is 6.54 Å². The Morgan fingerprint density at radius 3 is 2.66 bits per heavy atom. The highest BCUT2D eigenvalue weighted by Crippen LogP contribution is 2.41. The summed E-state index contributed by atoms with van der Waals surface area (Å²) in [7, 11) is 0. The number of nitrogens with zero attached hydrogens (tertiary/aromatic N) is 3. The molecule has 0 unspecified atom stereocenters. The molecular formula is C25H21ClN4OS. The van der Waals surface area contributed by atoms with Crippen molar-refractivity contribution >= 4 is 28.9 Å². The third-order valence-electron chi connectivity index (χ3n) is 5.75. The van der Waals surface area contributed by atoms with Crippen molar-refractivity contribution in [2.45, 2.75) is 25.6 Å². The number of benzene rings is 1. The summed E-state index contributed by atoms with van der Waals surface area (Å²) >= 11 is 12.1. The van der Waals surface area contributed by atoms with Gasteiger partial charge in [-0.2, -0.15) is 0 Å². The first-order valence-corrected chi connectivity index (χ1v) is 11.1. The monoisotopic (exact) mass is 460 g/mol. The van der Waals surface area contributed by atoms with Crippen molar-refractivity contribution in [1.82, 2.24) is 20.2 Å². The Kier molecular flexibility index (Phi) is 5.64. The second-order valence-electron chi connectivity index (χ2n) is 7.72. The smallest absolute Gasteiger partial charge is 0.170 e. The van der Waals surface area contributed by atoms with E-state index in [-0.39, 0.29) is 12.1 Å². The van der Waals surface area contributed by atoms with Gasteiger partial charge in [-0.25, -0.2) is 0 Å². The van der Waals surface area contributed by atoms with Gasteiger partial charge < -0.3 is 14.6 Å². The number of furan rings is 1. The number of nitrogens with one attached hydrogen (secondary N) is 1. The van der Waals surface area contributed by atoms with Crippen molar-refractivity contribution in [2.75, 3.05) is 0 Å². The van der Waals surface area contributed by atoms with E-state index >= 15 is 0 Å². The van der Waals surface area contributed by atoms with E-state index in [1.807, 2.05) is 67.6 Å². The van der Waals surface area contributed by atoms with E-state index < -0.39 is 0 Å². The van der Waals surface area contributed by atoms with Gasteiger partial charge in [-0.1, -0.05) is 29.8 Å². The third-order valence-corrected chi connectivity index (χ3v) is 6.51. The highest BCUT2D eigenvalue weighted by molar-refractivity contribution is 7.80. The molecule has 1 saturated heterocycles. The van der Waals surface area contributed by atoms with Crippen LogP contribution in [0.5, 0.6) is 0 Å². The van der Waals surface area contributed by atoms with Crippen LogP contribution in [0.15, 0.2) is 83.7 Å². The van der Waals surface area contributed by atoms with Crippen LogP contribution in [0.25, 0.3) is 11.3 Å². The van der Waals surface area contributed by atoms with Gasteiger partial charge in [-0.05, 0) is 72.7 Å². The van der Waals surface area contributed by atoms with Gasteiger partial charge in [0.15, 0.2) is 5.11 Å². The van der Waals surface area contributed by atoms with Crippen molar-refractivity contribution in [2.24, 2.45) is 0 Å². The number of aromatic nitrogens is 2. The first-order chi connectivity index (χ1) is 15.6. The molecule has 4 aromatic rings. The quantitative estimate of drug-likeness (QED) is 0.376. The highest BCUT2D eigenvalue weighted by Gasteiger charge is 2.41. The van der Waals surface area contributed by atoms with Gasteiger partial charge in [0, 0.05) is 35.7 Å². The van der Waals surface area contributed by atoms with Gasteiger partial charge in [0.05, 0.1) is 11.7 Å². The molecule has 4 heterocycles. The maximum absolute atomic E-state index is 6.42. The number of rotatable bonds is 5. The predicted molar refractivity (Wildman–Crippen MR) is 129 cm³/mol. The van der Waals surface area contributed by atoms with E-state index in [4.69, 9.17) is 28.2 Å². The summed E-state index contributed by atoms with van der Waals surface area (Å²) in [5.74, 6) is 1.60. The van der Waals surface area contributed by atoms with E-state index in [9.17, 15) is 0 Å². The molecular weight excluding hydrogens is 440 g/mol. The van der Waals surface area contributed by atoms with Crippen LogP contribution in [0, 0.1) is 6.92 Å². The maximum Gasteiger partial charge on any atom is 0.170 e. The van der Waals surface area contributed by atoms with Crippen molar-refractivity contribution in [3.63, 3.8) is 0 Å². The van der Waals surface area contributed by atoms with Crippen LogP contribution in [-0.4, -0.2) is 20.0 Å². The number of halogens is 1. The Morgan fingerprint density at radius 1 is 1.03 bits per heavy atom. The van der Waals surface area contributed by atoms with E-state index in [0.717, 1.165) is 38.9 Å². The highest BCUT2D eigenvalue weighted by atomic mass is 35.5. The van der Waals surface area contributed by atoms with Gasteiger partial charge in [-0.3, -0.25) is 9.97 Å². The van der Waals surface area contributed by atoms with Crippen LogP contribution in [0.2, 0.25) is 5.02 Å². The lowest BCUT2D eigenvalue weighted by molar-refractivity contribution is 0.269. The van der Waals surface area contributed by atoms with Crippen LogP contribution >= 0.6 is 23.8 Å². The van der Waals surface area contributed by atoms with Crippen LogP contribution in [0.4, 0.5) is 0 Å². The zero-order valence-electron chi connectivity index (χ0n) is 17.4. The zero-order valence-corrected chi connectivity index (χ0v) is 19.0. The number of hydrogen-bond donors (Lipinski definition) is 1. The molecule has 0 bridgehead atoms. The van der Waals surface area contributed by atoms with Gasteiger partial charge in [0.2, 0.25) is 0 Å². The summed E-state index contributed by atoms with van der Waals surface area (Å²) < 4.78 is 6.42. The third kappa shape index (κ3) is 3.87. The number of pyridine rings is 2. The topological polar surface area (TPSA) is 54.2 Å². The van der Waals surface area contributed by atoms with E-state index in [1.165, 1.54) is 0 Å². The molecule has 0 aliphatic carbocycles. The first kappa shape index (κ1) is 20.7. The van der Waals surface area contributed by atoms with Crippen LogP contribution in [0.1, 0.15) is 34.7 Å². The van der Waals surface area contributed by atoms with E-state index in [0.29, 0.717) is 11.7 Å². The molecule has 160 valence electrons. The SMILES string of the molecule is Cc1c(Cl)cccc1-c1ccc([C@H]2[C@@H](c3ccccn3)NC(=S)N2Cc2ccncc2)o1. The fourth-order valence-electron chi connectivity index (χ4n) is 4.10. The molecule has 2 atom stereocenters. The summed E-state index contributed by atoms with van der Waals surface area (Å²) in [4.78, 5) is 10.9. The molecule has 1 aromatic carbocycles. The lowest BCUT2D eigenvalue weighted by Crippen LogP contribution is -2.29. The average Bonchev–Trinajstić information content (AvgIpc) is 3.42. The summed E-state index contributed by atoms with van der Waals surface area (Å²) in [5, 5.41) is 4.84. The normalized spacial score (nSPS) is 18.1. The molecule has 1 aliphatic rings. The summed E-state index contributed by atoms with van der Waals surface area (Å²) in [6.45, 7) is 2.63. The Bertz CT molecular complexity index is 1250. The number of hydrogen-bond acceptors (Lipinski definition) is 4. The minimum absolute atomic E-state index is 0.134. The predicted octanol–water partition coefficient (Wildman–Crippen LogP) is 5.87. The Balaban J connectivity index is 1.56. The van der Waals surface area contributed by atoms with E-state index in [2.05, 4.69) is 20.2 Å². The van der Waals surface area contributed by atoms with Crippen molar-refractivity contribution < 1.29 is 4.42 Å². The minimum atomic E-state index is -0.154. The lowest BCUT2D eigenvalue weighted by atomic mass is 10.0. The van der Waals surface area contributed by atoms with Crippen molar-refractivity contribution in [3.05, 3.63) is 107 Å². The van der Waals surface area contributed by atoms with Crippen LogP contribution < -0.4 is 5.32 Å². The van der Waals surface area contributed by atoms with Crippen molar-refractivity contribution in [3.8, 4) is 11.3 Å². The second-order valence-corrected chi connectivity index (χ2v) is 8.52. The van der Waals surface area contributed by atoms with Crippen LogP contribution in [0.3, 0.4) is 0 Å². The molecule has 0 saturated carbocycles. The van der Waals surface area contributed by atoms with E-state index in [1.54, 1.807) is 18.6 Å². The minimum Gasteiger partial charge on any atom is -0.459 e. The first-order valence-electron chi connectivity index (χ1n) is 10.3. The molecule has 7 heteroatoms. The average molecular weight is 461 g/mol. The molecule has 1 N–H and O–H groups in total. The molecule has 3 aromatic heterocycles. The fraction of sp³-hybridized carbons (Fsp3) is 0.160. The van der Waals surface area contributed by atoms with Crippen molar-refractivity contribution in [1.29, 1.82) is 0 Å². The molecule has 5 nitrogen and oxygen atoms in total. The lowest BCUT2D eigenvalue weighted by Gasteiger charge is -2.26. The largest absolute Gasteiger partial charge is 0.459 e. The summed E-state index contributed by atoms with van der Waals surface area (Å²) in [5.41, 5.74) is 4.00. The maximum atomic E-state index is 6.42.